The summed E-state index contributed by atoms with van der Waals surface area (Å²) in [7, 11) is -3.05. The van der Waals surface area contributed by atoms with Crippen molar-refractivity contribution in [1.82, 2.24) is 4.72 Å². The molecule has 1 saturated carbocycles. The van der Waals surface area contributed by atoms with Crippen LogP contribution in [0.2, 0.25) is 0 Å². The lowest BCUT2D eigenvalue weighted by Crippen LogP contribution is -2.38. The quantitative estimate of drug-likeness (QED) is 0.765. The van der Waals surface area contributed by atoms with Crippen molar-refractivity contribution in [1.29, 1.82) is 0 Å². The number of alkyl halides is 1. The lowest BCUT2D eigenvalue weighted by molar-refractivity contribution is 0.532. The van der Waals surface area contributed by atoms with Crippen LogP contribution in [0.3, 0.4) is 0 Å². The Kier molecular flexibility index (Phi) is 5.57. The highest BCUT2D eigenvalue weighted by molar-refractivity contribution is 9.09. The van der Waals surface area contributed by atoms with Gasteiger partial charge in [0.25, 0.3) is 0 Å². The first-order valence-electron chi connectivity index (χ1n) is 5.63. The Balaban J connectivity index is 2.41. The number of sulfonamides is 1. The standard InChI is InChI=1S/C10H20BrNO2S/c1-9(5-4-8-11)12-15(13,14)10-6-2-3-7-10/h9-10,12H,2-8H2,1H3. The van der Waals surface area contributed by atoms with E-state index in [4.69, 9.17) is 0 Å². The maximum Gasteiger partial charge on any atom is 0.214 e. The van der Waals surface area contributed by atoms with E-state index in [1.807, 2.05) is 6.92 Å². The van der Waals surface area contributed by atoms with Gasteiger partial charge in [0, 0.05) is 11.4 Å². The lowest BCUT2D eigenvalue weighted by Gasteiger charge is -2.17. The van der Waals surface area contributed by atoms with Gasteiger partial charge in [0.1, 0.15) is 0 Å². The van der Waals surface area contributed by atoms with Crippen molar-refractivity contribution in [2.45, 2.75) is 56.7 Å². The monoisotopic (exact) mass is 297 g/mol. The van der Waals surface area contributed by atoms with Gasteiger partial charge in [-0.3, -0.25) is 0 Å². The molecule has 0 aromatic carbocycles. The second-order valence-corrected chi connectivity index (χ2v) is 7.09. The van der Waals surface area contributed by atoms with Crippen LogP contribution in [0, 0.1) is 0 Å². The first-order chi connectivity index (χ1) is 7.06. The smallest absolute Gasteiger partial charge is 0.212 e. The highest BCUT2D eigenvalue weighted by Gasteiger charge is 2.29. The van der Waals surface area contributed by atoms with Crippen LogP contribution >= 0.6 is 15.9 Å². The van der Waals surface area contributed by atoms with E-state index < -0.39 is 10.0 Å². The third-order valence-electron chi connectivity index (χ3n) is 2.88. The summed E-state index contributed by atoms with van der Waals surface area (Å²) in [4.78, 5) is 0. The van der Waals surface area contributed by atoms with Crippen LogP contribution in [0.25, 0.3) is 0 Å². The maximum absolute atomic E-state index is 11.9. The third-order valence-corrected chi connectivity index (χ3v) is 5.52. The van der Waals surface area contributed by atoms with Crippen molar-refractivity contribution in [3.63, 3.8) is 0 Å². The third kappa shape index (κ3) is 4.41. The Morgan fingerprint density at radius 1 is 1.40 bits per heavy atom. The second kappa shape index (κ2) is 6.21. The zero-order chi connectivity index (χ0) is 11.3. The van der Waals surface area contributed by atoms with Crippen molar-refractivity contribution in [2.24, 2.45) is 0 Å². The van der Waals surface area contributed by atoms with Gasteiger partial charge >= 0.3 is 0 Å². The minimum absolute atomic E-state index is 0.0631. The molecule has 0 radical (unpaired) electrons. The van der Waals surface area contributed by atoms with Crippen molar-refractivity contribution in [2.75, 3.05) is 5.33 Å². The maximum atomic E-state index is 11.9. The molecule has 0 aromatic heterocycles. The first-order valence-corrected chi connectivity index (χ1v) is 8.30. The predicted molar refractivity (Wildman–Crippen MR) is 66.8 cm³/mol. The van der Waals surface area contributed by atoms with Crippen molar-refractivity contribution < 1.29 is 8.42 Å². The van der Waals surface area contributed by atoms with Gasteiger partial charge in [-0.25, -0.2) is 13.1 Å². The number of rotatable bonds is 6. The molecular formula is C10H20BrNO2S. The Bertz CT molecular complexity index is 273. The molecule has 15 heavy (non-hydrogen) atoms. The van der Waals surface area contributed by atoms with Crippen LogP contribution in [0.15, 0.2) is 0 Å². The Morgan fingerprint density at radius 2 is 2.00 bits per heavy atom. The Hall–Kier alpha value is 0.390. The summed E-state index contributed by atoms with van der Waals surface area (Å²) in [6.07, 6.45) is 5.69. The Morgan fingerprint density at radius 3 is 2.53 bits per heavy atom. The minimum atomic E-state index is -3.05. The van der Waals surface area contributed by atoms with Crippen molar-refractivity contribution >= 4 is 26.0 Å². The number of halogens is 1. The Labute approximate surface area is 101 Å². The van der Waals surface area contributed by atoms with E-state index in [1.54, 1.807) is 0 Å². The van der Waals surface area contributed by atoms with Gasteiger partial charge in [0.15, 0.2) is 0 Å². The van der Waals surface area contributed by atoms with E-state index in [2.05, 4.69) is 20.7 Å². The van der Waals surface area contributed by atoms with Crippen molar-refractivity contribution in [3.8, 4) is 0 Å². The molecule has 90 valence electrons. The molecule has 3 nitrogen and oxygen atoms in total. The van der Waals surface area contributed by atoms with Crippen LogP contribution in [0.4, 0.5) is 0 Å². The summed E-state index contributed by atoms with van der Waals surface area (Å²) in [6, 6.07) is 0.0631. The molecule has 1 unspecified atom stereocenters. The van der Waals surface area contributed by atoms with Gasteiger partial charge in [0.2, 0.25) is 10.0 Å². The molecule has 0 amide bonds. The molecular weight excluding hydrogens is 278 g/mol. The molecule has 0 saturated heterocycles. The van der Waals surface area contributed by atoms with Crippen LogP contribution in [0.1, 0.15) is 45.4 Å². The molecule has 0 heterocycles. The molecule has 1 atom stereocenters. The summed E-state index contributed by atoms with van der Waals surface area (Å²) in [5.41, 5.74) is 0. The van der Waals surface area contributed by atoms with E-state index >= 15 is 0 Å². The molecule has 0 bridgehead atoms. The van der Waals surface area contributed by atoms with E-state index in [0.29, 0.717) is 0 Å². The van der Waals surface area contributed by atoms with Gasteiger partial charge in [0.05, 0.1) is 5.25 Å². The SMILES string of the molecule is CC(CCCBr)NS(=O)(=O)C1CCCC1. The summed E-state index contributed by atoms with van der Waals surface area (Å²) < 4.78 is 26.6. The highest BCUT2D eigenvalue weighted by Crippen LogP contribution is 2.24. The average Bonchev–Trinajstić information content (AvgIpc) is 2.67. The molecule has 0 aliphatic heterocycles. The zero-order valence-electron chi connectivity index (χ0n) is 9.21. The summed E-state index contributed by atoms with van der Waals surface area (Å²) in [6.45, 7) is 1.94. The molecule has 5 heteroatoms. The zero-order valence-corrected chi connectivity index (χ0v) is 11.6. The van der Waals surface area contributed by atoms with Crippen LogP contribution in [-0.2, 0) is 10.0 Å². The number of nitrogens with one attached hydrogen (secondary N) is 1. The lowest BCUT2D eigenvalue weighted by atomic mass is 10.2. The van der Waals surface area contributed by atoms with Crippen LogP contribution in [-0.4, -0.2) is 25.0 Å². The molecule has 0 aromatic rings. The van der Waals surface area contributed by atoms with E-state index in [0.717, 1.165) is 43.9 Å². The van der Waals surface area contributed by atoms with Gasteiger partial charge in [-0.15, -0.1) is 0 Å². The van der Waals surface area contributed by atoms with E-state index in [9.17, 15) is 8.42 Å². The number of hydrogen-bond donors (Lipinski definition) is 1. The van der Waals surface area contributed by atoms with Gasteiger partial charge < -0.3 is 0 Å². The summed E-state index contributed by atoms with van der Waals surface area (Å²) >= 11 is 3.35. The molecule has 1 fully saturated rings. The fourth-order valence-electron chi connectivity index (χ4n) is 2.02. The van der Waals surface area contributed by atoms with Crippen LogP contribution < -0.4 is 4.72 Å². The fourth-order valence-corrected chi connectivity index (χ4v) is 4.17. The van der Waals surface area contributed by atoms with Gasteiger partial charge in [-0.2, -0.15) is 0 Å². The molecule has 1 aliphatic carbocycles. The minimum Gasteiger partial charge on any atom is -0.212 e. The van der Waals surface area contributed by atoms with E-state index in [-0.39, 0.29) is 11.3 Å². The molecule has 1 N–H and O–H groups in total. The second-order valence-electron chi connectivity index (χ2n) is 4.30. The van der Waals surface area contributed by atoms with Crippen LogP contribution in [0.5, 0.6) is 0 Å². The molecule has 1 aliphatic rings. The van der Waals surface area contributed by atoms with Gasteiger partial charge in [-0.05, 0) is 32.6 Å². The summed E-state index contributed by atoms with van der Waals surface area (Å²) in [5.74, 6) is 0. The molecule has 1 rings (SSSR count). The topological polar surface area (TPSA) is 46.2 Å². The first kappa shape index (κ1) is 13.5. The molecule has 0 spiro atoms. The largest absolute Gasteiger partial charge is 0.214 e. The predicted octanol–water partition coefficient (Wildman–Crippen LogP) is 2.41. The van der Waals surface area contributed by atoms with E-state index in [1.165, 1.54) is 0 Å². The van der Waals surface area contributed by atoms with Crippen molar-refractivity contribution in [3.05, 3.63) is 0 Å². The summed E-state index contributed by atoms with van der Waals surface area (Å²) in [5, 5.41) is 0.798. The fraction of sp³-hybridized carbons (Fsp3) is 1.00. The number of hydrogen-bond acceptors (Lipinski definition) is 2. The highest BCUT2D eigenvalue weighted by atomic mass is 79.9. The average molecular weight is 298 g/mol. The van der Waals surface area contributed by atoms with Gasteiger partial charge in [-0.1, -0.05) is 28.8 Å². The normalized spacial score (nSPS) is 20.7.